The van der Waals surface area contributed by atoms with E-state index in [9.17, 15) is 16.8 Å². The maximum absolute atomic E-state index is 11.4. The van der Waals surface area contributed by atoms with E-state index in [2.05, 4.69) is 9.44 Å². The maximum atomic E-state index is 11.4. The first-order valence-electron chi connectivity index (χ1n) is 4.26. The monoisotopic (exact) mass is 264 g/mol. The van der Waals surface area contributed by atoms with Gasteiger partial charge in [0.1, 0.15) is 0 Å². The standard InChI is InChI=1S/C8H12N2O4S2/c1-9-16(13,14)8-5-3-4-7(6-8)10-15(2,11)12/h3-6,9-10H,1-2H3. The van der Waals surface area contributed by atoms with Crippen LogP contribution in [-0.4, -0.2) is 30.1 Å². The highest BCUT2D eigenvalue weighted by molar-refractivity contribution is 7.92. The Kier molecular flexibility index (Phi) is 3.56. The predicted molar refractivity (Wildman–Crippen MR) is 61.2 cm³/mol. The Bertz CT molecular complexity index is 578. The third-order valence-electron chi connectivity index (χ3n) is 1.72. The molecule has 0 aromatic heterocycles. The van der Waals surface area contributed by atoms with Crippen molar-refractivity contribution in [2.45, 2.75) is 4.90 Å². The highest BCUT2D eigenvalue weighted by Gasteiger charge is 2.12. The van der Waals surface area contributed by atoms with Crippen molar-refractivity contribution in [3.05, 3.63) is 24.3 Å². The van der Waals surface area contributed by atoms with Gasteiger partial charge in [0.05, 0.1) is 11.2 Å². The molecule has 6 nitrogen and oxygen atoms in total. The fraction of sp³-hybridized carbons (Fsp3) is 0.250. The van der Waals surface area contributed by atoms with Gasteiger partial charge in [-0.05, 0) is 25.2 Å². The van der Waals surface area contributed by atoms with E-state index in [4.69, 9.17) is 0 Å². The lowest BCUT2D eigenvalue weighted by molar-refractivity contribution is 0.588. The van der Waals surface area contributed by atoms with Gasteiger partial charge in [-0.25, -0.2) is 21.6 Å². The third-order valence-corrected chi connectivity index (χ3v) is 3.73. The molecule has 0 atom stereocenters. The summed E-state index contributed by atoms with van der Waals surface area (Å²) in [6.45, 7) is 0. The van der Waals surface area contributed by atoms with Gasteiger partial charge in [0.2, 0.25) is 20.0 Å². The number of anilines is 1. The predicted octanol–water partition coefficient (Wildman–Crippen LogP) is -0.0338. The Morgan fingerprint density at radius 2 is 1.75 bits per heavy atom. The molecule has 0 aliphatic rings. The molecule has 0 fully saturated rings. The average molecular weight is 264 g/mol. The molecule has 1 aromatic rings. The lowest BCUT2D eigenvalue weighted by Gasteiger charge is -2.06. The van der Waals surface area contributed by atoms with Crippen LogP contribution in [0, 0.1) is 0 Å². The van der Waals surface area contributed by atoms with E-state index in [0.717, 1.165) is 6.26 Å². The molecular formula is C8H12N2O4S2. The van der Waals surface area contributed by atoms with E-state index in [1.165, 1.54) is 31.3 Å². The molecule has 16 heavy (non-hydrogen) atoms. The van der Waals surface area contributed by atoms with Gasteiger partial charge in [-0.1, -0.05) is 6.07 Å². The van der Waals surface area contributed by atoms with Gasteiger partial charge in [0.15, 0.2) is 0 Å². The molecule has 0 unspecified atom stereocenters. The highest BCUT2D eigenvalue weighted by atomic mass is 32.2. The summed E-state index contributed by atoms with van der Waals surface area (Å²) in [5, 5.41) is 0. The first kappa shape index (κ1) is 12.9. The SMILES string of the molecule is CNS(=O)(=O)c1cccc(NS(C)(=O)=O)c1. The Labute approximate surface area is 94.8 Å². The fourth-order valence-electron chi connectivity index (χ4n) is 1.06. The summed E-state index contributed by atoms with van der Waals surface area (Å²) >= 11 is 0. The molecule has 0 saturated carbocycles. The Morgan fingerprint density at radius 1 is 1.12 bits per heavy atom. The molecule has 90 valence electrons. The number of sulfonamides is 2. The van der Waals surface area contributed by atoms with Crippen molar-refractivity contribution in [3.63, 3.8) is 0 Å². The smallest absolute Gasteiger partial charge is 0.240 e. The van der Waals surface area contributed by atoms with E-state index < -0.39 is 20.0 Å². The summed E-state index contributed by atoms with van der Waals surface area (Å²) in [5.41, 5.74) is 0.207. The van der Waals surface area contributed by atoms with Crippen molar-refractivity contribution in [1.29, 1.82) is 0 Å². The van der Waals surface area contributed by atoms with Gasteiger partial charge in [-0.2, -0.15) is 0 Å². The summed E-state index contributed by atoms with van der Waals surface area (Å²) in [6, 6.07) is 5.54. The van der Waals surface area contributed by atoms with Gasteiger partial charge >= 0.3 is 0 Å². The Balaban J connectivity index is 3.15. The van der Waals surface area contributed by atoms with Gasteiger partial charge in [0, 0.05) is 5.69 Å². The number of nitrogens with one attached hydrogen (secondary N) is 2. The van der Waals surface area contributed by atoms with Crippen LogP contribution in [0.2, 0.25) is 0 Å². The molecule has 8 heteroatoms. The number of benzene rings is 1. The van der Waals surface area contributed by atoms with Crippen LogP contribution in [0.5, 0.6) is 0 Å². The molecule has 1 rings (SSSR count). The zero-order valence-electron chi connectivity index (χ0n) is 8.76. The van der Waals surface area contributed by atoms with Crippen LogP contribution < -0.4 is 9.44 Å². The third kappa shape index (κ3) is 3.47. The van der Waals surface area contributed by atoms with E-state index in [1.54, 1.807) is 0 Å². The summed E-state index contributed by atoms with van der Waals surface area (Å²) in [7, 11) is -5.69. The van der Waals surface area contributed by atoms with Crippen molar-refractivity contribution in [3.8, 4) is 0 Å². The summed E-state index contributed by atoms with van der Waals surface area (Å²) in [4.78, 5) is 0.00338. The molecule has 0 radical (unpaired) electrons. The molecule has 1 aromatic carbocycles. The summed E-state index contributed by atoms with van der Waals surface area (Å²) in [5.74, 6) is 0. The van der Waals surface area contributed by atoms with Crippen LogP contribution in [0.3, 0.4) is 0 Å². The first-order chi connectivity index (χ1) is 7.24. The second-order valence-corrected chi connectivity index (χ2v) is 6.74. The van der Waals surface area contributed by atoms with Crippen molar-refractivity contribution in [1.82, 2.24) is 4.72 Å². The molecule has 2 N–H and O–H groups in total. The number of hydrogen-bond donors (Lipinski definition) is 2. The van der Waals surface area contributed by atoms with E-state index in [0.29, 0.717) is 0 Å². The van der Waals surface area contributed by atoms with Crippen LogP contribution >= 0.6 is 0 Å². The molecular weight excluding hydrogens is 252 g/mol. The van der Waals surface area contributed by atoms with Crippen LogP contribution in [0.15, 0.2) is 29.2 Å². The molecule has 0 aliphatic heterocycles. The molecule has 0 heterocycles. The van der Waals surface area contributed by atoms with Crippen LogP contribution in [0.25, 0.3) is 0 Å². The van der Waals surface area contributed by atoms with Crippen LogP contribution in [-0.2, 0) is 20.0 Å². The molecule has 0 aliphatic carbocycles. The number of hydrogen-bond acceptors (Lipinski definition) is 4. The summed E-state index contributed by atoms with van der Waals surface area (Å²) in [6.07, 6.45) is 0.992. The lowest BCUT2D eigenvalue weighted by Crippen LogP contribution is -2.19. The van der Waals surface area contributed by atoms with Crippen molar-refractivity contribution < 1.29 is 16.8 Å². The normalized spacial score (nSPS) is 12.4. The molecule has 0 spiro atoms. The second kappa shape index (κ2) is 4.40. The lowest BCUT2D eigenvalue weighted by atomic mass is 10.3. The van der Waals surface area contributed by atoms with Gasteiger partial charge in [-0.3, -0.25) is 4.72 Å². The zero-order chi connectivity index (χ0) is 12.4. The molecule has 0 saturated heterocycles. The zero-order valence-corrected chi connectivity index (χ0v) is 10.4. The van der Waals surface area contributed by atoms with Crippen molar-refractivity contribution >= 4 is 25.7 Å². The van der Waals surface area contributed by atoms with E-state index in [1.807, 2.05) is 0 Å². The largest absolute Gasteiger partial charge is 0.284 e. The molecule has 0 amide bonds. The quantitative estimate of drug-likeness (QED) is 0.798. The van der Waals surface area contributed by atoms with Gasteiger partial charge in [0.25, 0.3) is 0 Å². The summed E-state index contributed by atoms with van der Waals surface area (Å²) < 4.78 is 49.1. The maximum Gasteiger partial charge on any atom is 0.240 e. The number of rotatable bonds is 4. The minimum Gasteiger partial charge on any atom is -0.284 e. The average Bonchev–Trinajstić information content (AvgIpc) is 2.15. The van der Waals surface area contributed by atoms with Crippen LogP contribution in [0.4, 0.5) is 5.69 Å². The topological polar surface area (TPSA) is 92.3 Å². The van der Waals surface area contributed by atoms with Crippen LogP contribution in [0.1, 0.15) is 0 Å². The Hall–Kier alpha value is -1.12. The second-order valence-electron chi connectivity index (χ2n) is 3.11. The minimum atomic E-state index is -3.56. The van der Waals surface area contributed by atoms with E-state index >= 15 is 0 Å². The van der Waals surface area contributed by atoms with Gasteiger partial charge in [-0.15, -0.1) is 0 Å². The first-order valence-corrected chi connectivity index (χ1v) is 7.63. The fourth-order valence-corrected chi connectivity index (χ4v) is 2.39. The highest BCUT2D eigenvalue weighted by Crippen LogP contribution is 2.15. The van der Waals surface area contributed by atoms with E-state index in [-0.39, 0.29) is 10.6 Å². The van der Waals surface area contributed by atoms with Crippen molar-refractivity contribution in [2.75, 3.05) is 18.0 Å². The van der Waals surface area contributed by atoms with Gasteiger partial charge < -0.3 is 0 Å². The minimum absolute atomic E-state index is 0.00338. The molecule has 0 bridgehead atoms. The van der Waals surface area contributed by atoms with Crippen molar-refractivity contribution in [2.24, 2.45) is 0 Å². The Morgan fingerprint density at radius 3 is 2.25 bits per heavy atom.